The Morgan fingerprint density at radius 2 is 1.67 bits per heavy atom. The van der Waals surface area contributed by atoms with Crippen LogP contribution in [-0.4, -0.2) is 26.6 Å². The van der Waals surface area contributed by atoms with Gasteiger partial charge in [-0.25, -0.2) is 8.42 Å². The average Bonchev–Trinajstić information content (AvgIpc) is 2.55. The molecule has 0 unspecified atom stereocenters. The first-order chi connectivity index (χ1) is 12.4. The molecule has 146 valence electrons. The van der Waals surface area contributed by atoms with Crippen LogP contribution < -0.4 is 9.62 Å². The first-order valence-electron chi connectivity index (χ1n) is 7.63. The van der Waals surface area contributed by atoms with E-state index in [9.17, 15) is 26.4 Å². The zero-order valence-electron chi connectivity index (χ0n) is 14.3. The van der Waals surface area contributed by atoms with Crippen LogP contribution in [0.4, 0.5) is 24.5 Å². The molecule has 2 aromatic rings. The Morgan fingerprint density at radius 3 is 2.19 bits per heavy atom. The minimum absolute atomic E-state index is 0.161. The molecule has 2 aromatic carbocycles. The minimum atomic E-state index is -4.67. The van der Waals surface area contributed by atoms with Gasteiger partial charge in [-0.3, -0.25) is 9.10 Å². The minimum Gasteiger partial charge on any atom is -0.324 e. The molecule has 0 saturated heterocycles. The van der Waals surface area contributed by atoms with E-state index in [2.05, 4.69) is 5.32 Å². The predicted octanol–water partition coefficient (Wildman–Crippen LogP) is 4.15. The highest BCUT2D eigenvalue weighted by atomic mass is 35.5. The third-order valence-electron chi connectivity index (χ3n) is 3.66. The van der Waals surface area contributed by atoms with E-state index in [0.29, 0.717) is 5.02 Å². The molecule has 0 aliphatic carbocycles. The Labute approximate surface area is 159 Å². The fourth-order valence-electron chi connectivity index (χ4n) is 2.47. The van der Waals surface area contributed by atoms with Crippen molar-refractivity contribution in [1.29, 1.82) is 0 Å². The largest absolute Gasteiger partial charge is 0.418 e. The van der Waals surface area contributed by atoms with Crippen molar-refractivity contribution in [3.8, 4) is 0 Å². The zero-order chi connectivity index (χ0) is 20.4. The van der Waals surface area contributed by atoms with Crippen molar-refractivity contribution >= 4 is 38.9 Å². The van der Waals surface area contributed by atoms with Crippen LogP contribution in [-0.2, 0) is 21.0 Å². The summed E-state index contributed by atoms with van der Waals surface area (Å²) in [6.45, 7) is 1.28. The SMILES string of the molecule is C[C@H](C(=O)Nc1ccccc1C(F)(F)F)N(c1ccc(Cl)cc1)S(C)(=O)=O. The van der Waals surface area contributed by atoms with Crippen molar-refractivity contribution in [3.63, 3.8) is 0 Å². The summed E-state index contributed by atoms with van der Waals surface area (Å²) >= 11 is 5.79. The summed E-state index contributed by atoms with van der Waals surface area (Å²) in [6.07, 6.45) is -3.77. The van der Waals surface area contributed by atoms with Crippen LogP contribution in [0, 0.1) is 0 Å². The summed E-state index contributed by atoms with van der Waals surface area (Å²) in [6, 6.07) is 8.84. The second-order valence-corrected chi connectivity index (χ2v) is 8.04. The predicted molar refractivity (Wildman–Crippen MR) is 98.3 cm³/mol. The number of hydrogen-bond acceptors (Lipinski definition) is 3. The van der Waals surface area contributed by atoms with Crippen LogP contribution in [0.3, 0.4) is 0 Å². The number of anilines is 2. The highest BCUT2D eigenvalue weighted by Gasteiger charge is 2.35. The smallest absolute Gasteiger partial charge is 0.324 e. The summed E-state index contributed by atoms with van der Waals surface area (Å²) < 4.78 is 64.4. The molecule has 0 aliphatic heterocycles. The van der Waals surface area contributed by atoms with Gasteiger partial charge < -0.3 is 5.32 Å². The number of carbonyl (C=O) groups excluding carboxylic acids is 1. The van der Waals surface area contributed by atoms with Crippen LogP contribution >= 0.6 is 11.6 Å². The lowest BCUT2D eigenvalue weighted by Gasteiger charge is -2.28. The van der Waals surface area contributed by atoms with Crippen LogP contribution in [0.25, 0.3) is 0 Å². The second kappa shape index (κ2) is 7.77. The number of sulfonamides is 1. The Balaban J connectivity index is 2.36. The number of hydrogen-bond donors (Lipinski definition) is 1. The van der Waals surface area contributed by atoms with Crippen LogP contribution in [0.15, 0.2) is 48.5 Å². The molecule has 0 bridgehead atoms. The molecule has 0 saturated carbocycles. The molecule has 0 fully saturated rings. The van der Waals surface area contributed by atoms with Gasteiger partial charge >= 0.3 is 6.18 Å². The van der Waals surface area contributed by atoms with E-state index in [-0.39, 0.29) is 5.69 Å². The molecule has 27 heavy (non-hydrogen) atoms. The summed E-state index contributed by atoms with van der Waals surface area (Å²) in [5.74, 6) is -0.910. The topological polar surface area (TPSA) is 66.5 Å². The van der Waals surface area contributed by atoms with Gasteiger partial charge in [0.2, 0.25) is 15.9 Å². The molecule has 0 radical (unpaired) electrons. The maximum atomic E-state index is 13.1. The van der Waals surface area contributed by atoms with Gasteiger partial charge in [-0.2, -0.15) is 13.2 Å². The fourth-order valence-corrected chi connectivity index (χ4v) is 3.77. The van der Waals surface area contributed by atoms with Crippen molar-refractivity contribution in [3.05, 3.63) is 59.1 Å². The van der Waals surface area contributed by atoms with Crippen molar-refractivity contribution in [2.75, 3.05) is 15.9 Å². The van der Waals surface area contributed by atoms with Crippen LogP contribution in [0.2, 0.25) is 5.02 Å². The average molecular weight is 421 g/mol. The Kier molecular flexibility index (Phi) is 6.06. The second-order valence-electron chi connectivity index (χ2n) is 5.74. The molecule has 2 rings (SSSR count). The van der Waals surface area contributed by atoms with Gasteiger partial charge in [0.25, 0.3) is 0 Å². The number of para-hydroxylation sites is 1. The van der Waals surface area contributed by atoms with E-state index in [0.717, 1.165) is 22.7 Å². The first-order valence-corrected chi connectivity index (χ1v) is 9.86. The number of benzene rings is 2. The maximum absolute atomic E-state index is 13.1. The van der Waals surface area contributed by atoms with E-state index in [1.54, 1.807) is 0 Å². The fraction of sp³-hybridized carbons (Fsp3) is 0.235. The van der Waals surface area contributed by atoms with Gasteiger partial charge in [-0.15, -0.1) is 0 Å². The molecule has 0 spiro atoms. The van der Waals surface area contributed by atoms with E-state index < -0.39 is 39.4 Å². The van der Waals surface area contributed by atoms with Crippen molar-refractivity contribution < 1.29 is 26.4 Å². The molecule has 1 amide bonds. The van der Waals surface area contributed by atoms with E-state index >= 15 is 0 Å². The molecular formula is C17H16ClF3N2O3S. The summed E-state index contributed by atoms with van der Waals surface area (Å²) in [7, 11) is -3.90. The third-order valence-corrected chi connectivity index (χ3v) is 5.15. The van der Waals surface area contributed by atoms with E-state index in [1.165, 1.54) is 43.3 Å². The lowest BCUT2D eigenvalue weighted by Crippen LogP contribution is -2.45. The monoisotopic (exact) mass is 420 g/mol. The maximum Gasteiger partial charge on any atom is 0.418 e. The van der Waals surface area contributed by atoms with E-state index in [4.69, 9.17) is 11.6 Å². The normalized spacial score (nSPS) is 13.1. The molecule has 5 nitrogen and oxygen atoms in total. The van der Waals surface area contributed by atoms with Gasteiger partial charge in [-0.1, -0.05) is 23.7 Å². The number of rotatable bonds is 5. The van der Waals surface area contributed by atoms with Crippen molar-refractivity contribution in [1.82, 2.24) is 0 Å². The quantitative estimate of drug-likeness (QED) is 0.790. The standard InChI is InChI=1S/C17H16ClF3N2O3S/c1-11(23(27(2,25)26)13-9-7-12(18)8-10-13)16(24)22-15-6-4-3-5-14(15)17(19,20)21/h3-11H,1-2H3,(H,22,24)/t11-/m1/s1. The van der Waals surface area contributed by atoms with E-state index in [1.807, 2.05) is 0 Å². The molecular weight excluding hydrogens is 405 g/mol. The van der Waals surface area contributed by atoms with Gasteiger partial charge in [-0.05, 0) is 43.3 Å². The van der Waals surface area contributed by atoms with Gasteiger partial charge in [0, 0.05) is 5.02 Å². The van der Waals surface area contributed by atoms with Crippen LogP contribution in [0.1, 0.15) is 12.5 Å². The number of nitrogens with zero attached hydrogens (tertiary/aromatic N) is 1. The lowest BCUT2D eigenvalue weighted by molar-refractivity contribution is -0.137. The number of nitrogens with one attached hydrogen (secondary N) is 1. The summed E-state index contributed by atoms with van der Waals surface area (Å²) in [5.41, 5.74) is -1.32. The number of carbonyl (C=O) groups is 1. The highest BCUT2D eigenvalue weighted by molar-refractivity contribution is 7.92. The van der Waals surface area contributed by atoms with Crippen molar-refractivity contribution in [2.24, 2.45) is 0 Å². The van der Waals surface area contributed by atoms with Gasteiger partial charge in [0.1, 0.15) is 6.04 Å². The molecule has 0 aliphatic rings. The molecule has 0 heterocycles. The number of halogens is 4. The van der Waals surface area contributed by atoms with Crippen LogP contribution in [0.5, 0.6) is 0 Å². The van der Waals surface area contributed by atoms with Gasteiger partial charge in [0.05, 0.1) is 23.2 Å². The molecule has 10 heteroatoms. The first kappa shape index (κ1) is 21.0. The Morgan fingerprint density at radius 1 is 1.11 bits per heavy atom. The Bertz CT molecular complexity index is 931. The molecule has 0 aromatic heterocycles. The number of amides is 1. The summed E-state index contributed by atoms with van der Waals surface area (Å²) in [5, 5.41) is 2.52. The Hall–Kier alpha value is -2.26. The van der Waals surface area contributed by atoms with Gasteiger partial charge in [0.15, 0.2) is 0 Å². The lowest BCUT2D eigenvalue weighted by atomic mass is 10.1. The number of alkyl halides is 3. The van der Waals surface area contributed by atoms with Crippen molar-refractivity contribution in [2.45, 2.75) is 19.1 Å². The summed E-state index contributed by atoms with van der Waals surface area (Å²) in [4.78, 5) is 12.5. The zero-order valence-corrected chi connectivity index (χ0v) is 15.9. The molecule has 1 N–H and O–H groups in total. The highest BCUT2D eigenvalue weighted by Crippen LogP contribution is 2.34. The third kappa shape index (κ3) is 5.14. The molecule has 1 atom stereocenters.